The fraction of sp³-hybridized carbons (Fsp3) is 0.514. The van der Waals surface area contributed by atoms with Gasteiger partial charge in [-0.25, -0.2) is 14.7 Å². The van der Waals surface area contributed by atoms with Crippen LogP contribution in [0.4, 0.5) is 10.5 Å². The first-order valence-electron chi connectivity index (χ1n) is 16.5. The zero-order chi connectivity index (χ0) is 34.1. The third-order valence-electron chi connectivity index (χ3n) is 8.84. The molecule has 1 aliphatic heterocycles. The van der Waals surface area contributed by atoms with Crippen LogP contribution in [-0.4, -0.2) is 57.6 Å². The highest BCUT2D eigenvalue weighted by Crippen LogP contribution is 2.32. The van der Waals surface area contributed by atoms with Crippen molar-refractivity contribution in [3.8, 4) is 0 Å². The summed E-state index contributed by atoms with van der Waals surface area (Å²) in [7, 11) is 2.72. The lowest BCUT2D eigenvalue weighted by Crippen LogP contribution is -2.45. The number of hydrogen-bond donors (Lipinski definition) is 1. The first-order chi connectivity index (χ1) is 22.6. The minimum Gasteiger partial charge on any atom is -0.353 e. The van der Waals surface area contributed by atoms with Crippen molar-refractivity contribution >= 4 is 57.6 Å². The number of nitrogens with one attached hydrogen (secondary N) is 1. The number of benzene rings is 2. The molecular formula is C35H45Cl2N5O5. The summed E-state index contributed by atoms with van der Waals surface area (Å²) in [6, 6.07) is 8.99. The van der Waals surface area contributed by atoms with Crippen molar-refractivity contribution in [3.63, 3.8) is 0 Å². The normalized spacial score (nSPS) is 16.3. The monoisotopic (exact) mass is 685 g/mol. The van der Waals surface area contributed by atoms with Gasteiger partial charge in [-0.3, -0.25) is 23.9 Å². The molecule has 3 aromatic rings. The van der Waals surface area contributed by atoms with Crippen molar-refractivity contribution < 1.29 is 19.1 Å². The number of carbonyl (C=O) groups is 3. The quantitative estimate of drug-likeness (QED) is 0.115. The van der Waals surface area contributed by atoms with Crippen molar-refractivity contribution in [2.24, 2.45) is 5.92 Å². The summed E-state index contributed by atoms with van der Waals surface area (Å²) in [6.07, 6.45) is 9.90. The third-order valence-corrected chi connectivity index (χ3v) is 9.41. The summed E-state index contributed by atoms with van der Waals surface area (Å²) in [6.45, 7) is 4.52. The molecule has 254 valence electrons. The van der Waals surface area contributed by atoms with Gasteiger partial charge < -0.3 is 10.1 Å². The second kappa shape index (κ2) is 17.1. The highest BCUT2D eigenvalue weighted by molar-refractivity contribution is 6.33. The van der Waals surface area contributed by atoms with Gasteiger partial charge in [-0.05, 0) is 42.7 Å². The number of rotatable bonds is 17. The highest BCUT2D eigenvalue weighted by atomic mass is 35.5. The van der Waals surface area contributed by atoms with E-state index in [-0.39, 0.29) is 39.9 Å². The van der Waals surface area contributed by atoms with E-state index in [9.17, 15) is 19.2 Å². The molecule has 12 heteroatoms. The van der Waals surface area contributed by atoms with Gasteiger partial charge in [-0.1, -0.05) is 107 Å². The van der Waals surface area contributed by atoms with E-state index in [1.165, 1.54) is 57.2 Å². The van der Waals surface area contributed by atoms with Crippen LogP contribution in [0.25, 0.3) is 10.9 Å². The lowest BCUT2D eigenvalue weighted by Gasteiger charge is -2.28. The Balaban J connectivity index is 1.76. The zero-order valence-corrected chi connectivity index (χ0v) is 29.1. The first-order valence-corrected chi connectivity index (χ1v) is 17.3. The smallest absolute Gasteiger partial charge is 0.330 e. The van der Waals surface area contributed by atoms with Crippen LogP contribution in [0.5, 0.6) is 0 Å². The minimum atomic E-state index is -1.61. The maximum absolute atomic E-state index is 14.2. The van der Waals surface area contributed by atoms with Gasteiger partial charge in [0.1, 0.15) is 5.82 Å². The summed E-state index contributed by atoms with van der Waals surface area (Å²) in [5, 5.41) is 3.67. The molecule has 2 aromatic carbocycles. The Morgan fingerprint density at radius 2 is 1.66 bits per heavy atom. The van der Waals surface area contributed by atoms with Gasteiger partial charge in [-0.2, -0.15) is 0 Å². The maximum Gasteiger partial charge on any atom is 0.330 e. The molecule has 0 spiro atoms. The molecular weight excluding hydrogens is 641 g/mol. The molecule has 2 heterocycles. The summed E-state index contributed by atoms with van der Waals surface area (Å²) < 4.78 is 6.75. The van der Waals surface area contributed by atoms with Gasteiger partial charge in [-0.15, -0.1) is 0 Å². The number of aromatic nitrogens is 2. The van der Waals surface area contributed by atoms with Crippen LogP contribution in [0.1, 0.15) is 89.9 Å². The van der Waals surface area contributed by atoms with Gasteiger partial charge in [0, 0.05) is 25.7 Å². The molecule has 1 N–H and O–H groups in total. The zero-order valence-electron chi connectivity index (χ0n) is 27.6. The number of fused-ring (bicyclic) bond motifs is 1. The molecule has 1 saturated heterocycles. The number of urea groups is 1. The fourth-order valence-electron chi connectivity index (χ4n) is 6.10. The summed E-state index contributed by atoms with van der Waals surface area (Å²) in [5.41, 5.74) is 0.156. The summed E-state index contributed by atoms with van der Waals surface area (Å²) in [4.78, 5) is 62.5. The Kier molecular flexibility index (Phi) is 13.2. The number of hydrogen-bond acceptors (Lipinski definition) is 6. The molecule has 0 radical (unpaired) electrons. The van der Waals surface area contributed by atoms with Crippen LogP contribution in [0.2, 0.25) is 10.0 Å². The van der Waals surface area contributed by atoms with Gasteiger partial charge in [0.15, 0.2) is 6.04 Å². The van der Waals surface area contributed by atoms with Crippen molar-refractivity contribution in [3.05, 3.63) is 68.7 Å². The van der Waals surface area contributed by atoms with Crippen molar-refractivity contribution in [1.82, 2.24) is 19.4 Å². The second-order valence-electron chi connectivity index (χ2n) is 12.1. The molecule has 0 bridgehead atoms. The minimum absolute atomic E-state index is 0.0318. The van der Waals surface area contributed by atoms with Gasteiger partial charge in [0.2, 0.25) is 6.23 Å². The average molecular weight is 687 g/mol. The number of para-hydroxylation sites is 1. The van der Waals surface area contributed by atoms with Crippen LogP contribution in [0, 0.1) is 5.92 Å². The lowest BCUT2D eigenvalue weighted by molar-refractivity contribution is -0.143. The average Bonchev–Trinajstić information content (AvgIpc) is 3.27. The van der Waals surface area contributed by atoms with Crippen molar-refractivity contribution in [2.75, 3.05) is 19.5 Å². The van der Waals surface area contributed by atoms with Gasteiger partial charge in [0.05, 0.1) is 21.6 Å². The number of amides is 4. The Bertz CT molecular complexity index is 1630. The molecule has 4 amide bonds. The molecule has 1 aromatic heterocycles. The molecule has 0 saturated carbocycles. The largest absolute Gasteiger partial charge is 0.353 e. The highest BCUT2D eigenvalue weighted by Gasteiger charge is 2.51. The Morgan fingerprint density at radius 3 is 2.30 bits per heavy atom. The standard InChI is InChI=1S/C35H45Cl2N5O5/c1-5-7-8-9-10-11-12-13-16-23(6-2)22-41-30(38-27-20-19-24(36)21-25(27)32(41)44)29(31(43)39-28-18-15-14-17-26(28)37)42-33(45)34(47-4)40(3)35(42)46/h14-15,17-21,23,29,34H,5-13,16,22H2,1-4H3,(H,39,43). The third kappa shape index (κ3) is 8.52. The number of nitrogens with zero attached hydrogens (tertiary/aromatic N) is 4. The van der Waals surface area contributed by atoms with Gasteiger partial charge >= 0.3 is 6.03 Å². The van der Waals surface area contributed by atoms with E-state index in [0.717, 1.165) is 35.5 Å². The summed E-state index contributed by atoms with van der Waals surface area (Å²) in [5.74, 6) is -1.45. The number of imide groups is 1. The first kappa shape index (κ1) is 36.4. The predicted molar refractivity (Wildman–Crippen MR) is 186 cm³/mol. The summed E-state index contributed by atoms with van der Waals surface area (Å²) >= 11 is 12.7. The number of methoxy groups -OCH3 is 1. The van der Waals surface area contributed by atoms with Crippen molar-refractivity contribution in [1.29, 1.82) is 0 Å². The van der Waals surface area contributed by atoms with E-state index in [2.05, 4.69) is 19.2 Å². The molecule has 3 atom stereocenters. The fourth-order valence-corrected chi connectivity index (χ4v) is 6.46. The maximum atomic E-state index is 14.2. The van der Waals surface area contributed by atoms with E-state index in [1.807, 2.05) is 0 Å². The molecule has 1 fully saturated rings. The Labute approximate surface area is 286 Å². The van der Waals surface area contributed by atoms with Crippen LogP contribution >= 0.6 is 23.2 Å². The SMILES string of the molecule is CCCCCCCCCCC(CC)Cn1c(C(C(=O)Nc2ccccc2Cl)N2C(=O)C(OC)N(C)C2=O)nc2ccc(Cl)cc2c1=O. The van der Waals surface area contributed by atoms with Crippen LogP contribution in [0.15, 0.2) is 47.3 Å². The predicted octanol–water partition coefficient (Wildman–Crippen LogP) is 7.81. The lowest BCUT2D eigenvalue weighted by atomic mass is 9.97. The molecule has 0 aliphatic carbocycles. The van der Waals surface area contributed by atoms with E-state index in [0.29, 0.717) is 5.02 Å². The Hall–Kier alpha value is -3.47. The number of ether oxygens (including phenoxy) is 1. The molecule has 3 unspecified atom stereocenters. The van der Waals surface area contributed by atoms with E-state index in [1.54, 1.807) is 42.5 Å². The van der Waals surface area contributed by atoms with Crippen LogP contribution < -0.4 is 10.9 Å². The number of unbranched alkanes of at least 4 members (excludes halogenated alkanes) is 7. The molecule has 10 nitrogen and oxygen atoms in total. The van der Waals surface area contributed by atoms with E-state index >= 15 is 0 Å². The van der Waals surface area contributed by atoms with Gasteiger partial charge in [0.25, 0.3) is 17.4 Å². The van der Waals surface area contributed by atoms with Crippen LogP contribution in [-0.2, 0) is 20.9 Å². The Morgan fingerprint density at radius 1 is 0.979 bits per heavy atom. The van der Waals surface area contributed by atoms with E-state index < -0.39 is 35.7 Å². The number of likely N-dealkylation sites (N-methyl/N-ethyl adjacent to an activating group) is 1. The topological polar surface area (TPSA) is 114 Å². The molecule has 4 rings (SSSR count). The molecule has 1 aliphatic rings. The number of carbonyl (C=O) groups excluding carboxylic acids is 3. The second-order valence-corrected chi connectivity index (χ2v) is 13.0. The number of halogens is 2. The number of anilines is 1. The van der Waals surface area contributed by atoms with Crippen molar-refractivity contribution in [2.45, 2.75) is 96.9 Å². The molecule has 47 heavy (non-hydrogen) atoms. The van der Waals surface area contributed by atoms with Crippen LogP contribution in [0.3, 0.4) is 0 Å². The van der Waals surface area contributed by atoms with E-state index in [4.69, 9.17) is 32.9 Å².